The second-order valence-electron chi connectivity index (χ2n) is 6.08. The molecule has 1 amide bonds. The molecule has 8 heteroatoms. The van der Waals surface area contributed by atoms with Gasteiger partial charge in [0.2, 0.25) is 23.2 Å². The highest BCUT2D eigenvalue weighted by Crippen LogP contribution is 2.43. The predicted octanol–water partition coefficient (Wildman–Crippen LogP) is 4.23. The minimum Gasteiger partial charge on any atom is -0.447 e. The van der Waals surface area contributed by atoms with Crippen molar-refractivity contribution >= 4 is 23.4 Å². The molecule has 0 saturated carbocycles. The van der Waals surface area contributed by atoms with E-state index in [-0.39, 0.29) is 17.4 Å². The van der Waals surface area contributed by atoms with Gasteiger partial charge in [0.05, 0.1) is 5.69 Å². The number of fused-ring (bicyclic) bond motifs is 3. The average molecular weight is 396 g/mol. The number of amides is 1. The number of nitrogens with zero attached hydrogens (tertiary/aromatic N) is 4. The van der Waals surface area contributed by atoms with Crippen LogP contribution in [0.5, 0.6) is 5.88 Å². The number of hydrogen-bond donors (Lipinski definition) is 0. The summed E-state index contributed by atoms with van der Waals surface area (Å²) in [4.78, 5) is 18.5. The predicted molar refractivity (Wildman–Crippen MR) is 105 cm³/mol. The van der Waals surface area contributed by atoms with Crippen LogP contribution in [0.25, 0.3) is 11.3 Å². The topological polar surface area (TPSA) is 68.2 Å². The third-order valence-corrected chi connectivity index (χ3v) is 5.02. The fourth-order valence-electron chi connectivity index (χ4n) is 3.12. The van der Waals surface area contributed by atoms with Gasteiger partial charge >= 0.3 is 0 Å². The number of benzene rings is 2. The quantitative estimate of drug-likeness (QED) is 0.617. The standard InChI is InChI=1S/C20H17FN4O2S/c1-3-28-20-22-18-17(23-24-20)14-9-5-7-11-16(14)25(12(2)26)19(27-18)13-8-4-6-10-15(13)21/h4-11,19H,3H2,1-2H3/t19-/m0/s1. The van der Waals surface area contributed by atoms with Crippen molar-refractivity contribution in [1.82, 2.24) is 15.2 Å². The maximum Gasteiger partial charge on any atom is 0.247 e. The Kier molecular flexibility index (Phi) is 4.95. The molecule has 0 fully saturated rings. The maximum absolute atomic E-state index is 14.6. The second kappa shape index (κ2) is 7.55. The van der Waals surface area contributed by atoms with Gasteiger partial charge in [-0.25, -0.2) is 4.39 Å². The van der Waals surface area contributed by atoms with Crippen LogP contribution in [0.4, 0.5) is 10.1 Å². The van der Waals surface area contributed by atoms with E-state index in [0.717, 1.165) is 5.75 Å². The van der Waals surface area contributed by atoms with E-state index in [1.165, 1.54) is 29.7 Å². The highest BCUT2D eigenvalue weighted by Gasteiger charge is 2.35. The van der Waals surface area contributed by atoms with E-state index in [2.05, 4.69) is 15.2 Å². The van der Waals surface area contributed by atoms with Crippen LogP contribution in [0.2, 0.25) is 0 Å². The van der Waals surface area contributed by atoms with Gasteiger partial charge in [0, 0.05) is 18.1 Å². The first-order chi connectivity index (χ1) is 13.6. The summed E-state index contributed by atoms with van der Waals surface area (Å²) in [6, 6.07) is 13.5. The molecule has 3 aromatic rings. The van der Waals surface area contributed by atoms with E-state index in [1.54, 1.807) is 30.3 Å². The van der Waals surface area contributed by atoms with Crippen LogP contribution in [0.15, 0.2) is 53.7 Å². The Labute approximate surface area is 165 Å². The van der Waals surface area contributed by atoms with Crippen molar-refractivity contribution in [2.24, 2.45) is 0 Å². The Balaban J connectivity index is 1.97. The van der Waals surface area contributed by atoms with Crippen molar-refractivity contribution in [3.05, 3.63) is 59.9 Å². The monoisotopic (exact) mass is 396 g/mol. The van der Waals surface area contributed by atoms with E-state index in [4.69, 9.17) is 4.74 Å². The Morgan fingerprint density at radius 2 is 1.93 bits per heavy atom. The smallest absolute Gasteiger partial charge is 0.247 e. The Morgan fingerprint density at radius 3 is 2.68 bits per heavy atom. The third kappa shape index (κ3) is 3.20. The molecule has 0 saturated heterocycles. The van der Waals surface area contributed by atoms with Crippen molar-refractivity contribution in [2.75, 3.05) is 10.7 Å². The number of carbonyl (C=O) groups is 1. The number of para-hydroxylation sites is 1. The minimum atomic E-state index is -1.02. The molecular formula is C20H17FN4O2S. The zero-order chi connectivity index (χ0) is 19.7. The number of rotatable bonds is 3. The minimum absolute atomic E-state index is 0.218. The number of anilines is 1. The SMILES string of the molecule is CCSc1nnc2c(n1)O[C@@H](c1ccccc1F)N(C(C)=O)c1ccccc1-2. The highest BCUT2D eigenvalue weighted by atomic mass is 32.2. The fraction of sp³-hybridized carbons (Fsp3) is 0.200. The van der Waals surface area contributed by atoms with E-state index in [0.29, 0.717) is 22.1 Å². The van der Waals surface area contributed by atoms with Gasteiger partial charge < -0.3 is 4.74 Å². The third-order valence-electron chi connectivity index (χ3n) is 4.30. The lowest BCUT2D eigenvalue weighted by molar-refractivity contribution is -0.118. The summed E-state index contributed by atoms with van der Waals surface area (Å²) in [7, 11) is 0. The molecule has 0 aliphatic carbocycles. The summed E-state index contributed by atoms with van der Waals surface area (Å²) in [6.07, 6.45) is -1.02. The van der Waals surface area contributed by atoms with Crippen molar-refractivity contribution in [3.8, 4) is 17.1 Å². The van der Waals surface area contributed by atoms with Gasteiger partial charge in [-0.3, -0.25) is 9.69 Å². The molecule has 0 spiro atoms. The van der Waals surface area contributed by atoms with Gasteiger partial charge in [-0.1, -0.05) is 55.1 Å². The number of carbonyl (C=O) groups excluding carboxylic acids is 1. The molecule has 2 heterocycles. The van der Waals surface area contributed by atoms with E-state index < -0.39 is 12.0 Å². The highest BCUT2D eigenvalue weighted by molar-refractivity contribution is 7.99. The molecule has 28 heavy (non-hydrogen) atoms. The number of ether oxygens (including phenoxy) is 1. The van der Waals surface area contributed by atoms with Gasteiger partial charge in [0.15, 0.2) is 5.69 Å². The molecule has 2 aromatic carbocycles. The molecule has 0 unspecified atom stereocenters. The first-order valence-corrected chi connectivity index (χ1v) is 9.76. The molecule has 142 valence electrons. The molecular weight excluding hydrogens is 379 g/mol. The van der Waals surface area contributed by atoms with Crippen LogP contribution >= 0.6 is 11.8 Å². The fourth-order valence-corrected chi connectivity index (χ4v) is 3.62. The van der Waals surface area contributed by atoms with Crippen molar-refractivity contribution in [1.29, 1.82) is 0 Å². The summed E-state index contributed by atoms with van der Waals surface area (Å²) < 4.78 is 20.7. The Hall–Kier alpha value is -3.00. The summed E-state index contributed by atoms with van der Waals surface area (Å²) >= 11 is 1.42. The lowest BCUT2D eigenvalue weighted by Gasteiger charge is -2.30. The van der Waals surface area contributed by atoms with Gasteiger partial charge in [-0.2, -0.15) is 4.98 Å². The van der Waals surface area contributed by atoms with E-state index in [9.17, 15) is 9.18 Å². The largest absolute Gasteiger partial charge is 0.447 e. The van der Waals surface area contributed by atoms with Crippen LogP contribution in [0, 0.1) is 5.82 Å². The average Bonchev–Trinajstić information content (AvgIpc) is 2.83. The number of halogens is 1. The van der Waals surface area contributed by atoms with Gasteiger partial charge in [-0.15, -0.1) is 10.2 Å². The molecule has 4 rings (SSSR count). The van der Waals surface area contributed by atoms with E-state index in [1.807, 2.05) is 19.1 Å². The summed E-state index contributed by atoms with van der Waals surface area (Å²) in [6.45, 7) is 3.40. The second-order valence-corrected chi connectivity index (χ2v) is 7.31. The van der Waals surface area contributed by atoms with Gasteiger partial charge in [-0.05, 0) is 17.9 Å². The molecule has 0 bridgehead atoms. The lowest BCUT2D eigenvalue weighted by Crippen LogP contribution is -2.36. The number of aromatic nitrogens is 3. The molecule has 0 radical (unpaired) electrons. The van der Waals surface area contributed by atoms with Crippen LogP contribution in [-0.2, 0) is 4.79 Å². The van der Waals surface area contributed by atoms with Crippen LogP contribution in [0.3, 0.4) is 0 Å². The van der Waals surface area contributed by atoms with E-state index >= 15 is 0 Å². The zero-order valence-corrected chi connectivity index (χ0v) is 16.1. The molecule has 1 atom stereocenters. The Bertz CT molecular complexity index is 1050. The van der Waals surface area contributed by atoms with Crippen molar-refractivity contribution in [2.45, 2.75) is 25.2 Å². The Morgan fingerprint density at radius 1 is 1.18 bits per heavy atom. The summed E-state index contributed by atoms with van der Waals surface area (Å²) in [5.74, 6) is 0.234. The number of hydrogen-bond acceptors (Lipinski definition) is 6. The molecule has 6 nitrogen and oxygen atoms in total. The normalized spacial score (nSPS) is 15.2. The summed E-state index contributed by atoms with van der Waals surface area (Å²) in [5, 5.41) is 8.91. The van der Waals surface area contributed by atoms with Crippen LogP contribution < -0.4 is 9.64 Å². The van der Waals surface area contributed by atoms with Crippen molar-refractivity contribution < 1.29 is 13.9 Å². The summed E-state index contributed by atoms with van der Waals surface area (Å²) in [5.41, 5.74) is 1.87. The lowest BCUT2D eigenvalue weighted by atomic mass is 10.1. The molecule has 1 aliphatic rings. The zero-order valence-electron chi connectivity index (χ0n) is 15.3. The molecule has 0 N–H and O–H groups in total. The van der Waals surface area contributed by atoms with Gasteiger partial charge in [0.1, 0.15) is 5.82 Å². The molecule has 1 aliphatic heterocycles. The maximum atomic E-state index is 14.6. The van der Waals surface area contributed by atoms with Gasteiger partial charge in [0.25, 0.3) is 0 Å². The first kappa shape index (κ1) is 18.4. The first-order valence-electron chi connectivity index (χ1n) is 8.78. The van der Waals surface area contributed by atoms with Crippen molar-refractivity contribution in [3.63, 3.8) is 0 Å². The number of thioether (sulfide) groups is 1. The molecule has 1 aromatic heterocycles. The van der Waals surface area contributed by atoms with Crippen LogP contribution in [0.1, 0.15) is 25.6 Å². The van der Waals surface area contributed by atoms with Crippen LogP contribution in [-0.4, -0.2) is 26.8 Å².